The number of fused-ring (bicyclic) bond motifs is 1. The minimum absolute atomic E-state index is 0.123. The molecule has 134 valence electrons. The Hall–Kier alpha value is -2.46. The molecule has 1 aromatic heterocycles. The minimum atomic E-state index is -1.80. The van der Waals surface area contributed by atoms with Gasteiger partial charge in [-0.05, 0) is 24.6 Å². The quantitative estimate of drug-likeness (QED) is 0.530. The predicted octanol–water partition coefficient (Wildman–Crippen LogP) is -0.628. The number of aliphatic carboxylic acids is 1. The highest BCUT2D eigenvalue weighted by atomic mass is 16.7. The number of benzene rings is 1. The third kappa shape index (κ3) is 3.22. The van der Waals surface area contributed by atoms with Crippen LogP contribution in [0.3, 0.4) is 0 Å². The molecule has 0 bridgehead atoms. The molecule has 3 rings (SSSR count). The number of aliphatic hydroxyl groups excluding tert-OH is 3. The second-order valence-electron chi connectivity index (χ2n) is 5.76. The summed E-state index contributed by atoms with van der Waals surface area (Å²) in [6.07, 6.45) is -8.53. The summed E-state index contributed by atoms with van der Waals surface area (Å²) in [7, 11) is 0. The van der Waals surface area contributed by atoms with E-state index in [2.05, 4.69) is 0 Å². The van der Waals surface area contributed by atoms with Crippen molar-refractivity contribution in [2.75, 3.05) is 0 Å². The molecule has 25 heavy (non-hydrogen) atoms. The molecule has 0 radical (unpaired) electrons. The van der Waals surface area contributed by atoms with Gasteiger partial charge >= 0.3 is 11.6 Å². The zero-order valence-corrected chi connectivity index (χ0v) is 13.0. The molecule has 2 heterocycles. The molecule has 1 aliphatic rings. The van der Waals surface area contributed by atoms with Crippen molar-refractivity contribution in [3.8, 4) is 5.75 Å². The highest BCUT2D eigenvalue weighted by molar-refractivity contribution is 5.81. The minimum Gasteiger partial charge on any atom is -0.479 e. The van der Waals surface area contributed by atoms with Crippen LogP contribution in [0.5, 0.6) is 5.75 Å². The van der Waals surface area contributed by atoms with Crippen LogP contribution in [0.4, 0.5) is 0 Å². The Morgan fingerprint density at radius 1 is 1.12 bits per heavy atom. The topological polar surface area (TPSA) is 147 Å². The van der Waals surface area contributed by atoms with E-state index in [0.717, 1.165) is 0 Å². The van der Waals surface area contributed by atoms with E-state index in [0.29, 0.717) is 10.9 Å². The SMILES string of the molecule is Cc1cc(=O)oc2cc(O[C@@H]3O[C@H](C(=O)O)[C@@H](O)[C@@H](O)[C@H]3O)ccc12. The van der Waals surface area contributed by atoms with Crippen LogP contribution in [0, 0.1) is 6.92 Å². The number of ether oxygens (including phenoxy) is 2. The normalized spacial score (nSPS) is 29.5. The van der Waals surface area contributed by atoms with Crippen LogP contribution in [0.1, 0.15) is 5.56 Å². The molecule has 1 aliphatic heterocycles. The predicted molar refractivity (Wildman–Crippen MR) is 82.2 cm³/mol. The summed E-state index contributed by atoms with van der Waals surface area (Å²) in [5, 5.41) is 39.1. The molecule has 9 nitrogen and oxygen atoms in total. The van der Waals surface area contributed by atoms with Crippen LogP contribution in [0.2, 0.25) is 0 Å². The van der Waals surface area contributed by atoms with Gasteiger partial charge in [0, 0.05) is 17.5 Å². The van der Waals surface area contributed by atoms with Crippen molar-refractivity contribution in [1.29, 1.82) is 0 Å². The van der Waals surface area contributed by atoms with Crippen LogP contribution in [-0.4, -0.2) is 57.1 Å². The summed E-state index contributed by atoms with van der Waals surface area (Å²) in [6, 6.07) is 5.86. The van der Waals surface area contributed by atoms with E-state index in [9.17, 15) is 24.9 Å². The molecule has 0 amide bonds. The van der Waals surface area contributed by atoms with Gasteiger partial charge in [-0.1, -0.05) is 0 Å². The average molecular weight is 352 g/mol. The molecule has 1 fully saturated rings. The molecule has 0 saturated carbocycles. The lowest BCUT2D eigenvalue weighted by Crippen LogP contribution is -2.61. The van der Waals surface area contributed by atoms with Gasteiger partial charge in [0.05, 0.1) is 0 Å². The molecule has 9 heteroatoms. The first-order valence-corrected chi connectivity index (χ1v) is 7.41. The average Bonchev–Trinajstić information content (AvgIpc) is 2.54. The maximum absolute atomic E-state index is 11.5. The standard InChI is InChI=1S/C16H16O9/c1-6-4-10(17)24-9-5-7(2-3-8(6)9)23-16-13(20)11(18)12(19)14(25-16)15(21)22/h2-5,11-14,16,18-20H,1H3,(H,21,22)/t11-,12+,13-,14+,16-/m1/s1. The molecule has 1 saturated heterocycles. The number of aryl methyl sites for hydroxylation is 1. The first-order chi connectivity index (χ1) is 11.8. The summed E-state index contributed by atoms with van der Waals surface area (Å²) in [5.41, 5.74) is 0.403. The van der Waals surface area contributed by atoms with Crippen molar-refractivity contribution in [3.63, 3.8) is 0 Å². The first-order valence-electron chi connectivity index (χ1n) is 7.41. The van der Waals surface area contributed by atoms with Crippen molar-refractivity contribution in [2.45, 2.75) is 37.6 Å². The van der Waals surface area contributed by atoms with Gasteiger partial charge in [0.1, 0.15) is 29.6 Å². The molecule has 1 aromatic carbocycles. The largest absolute Gasteiger partial charge is 0.479 e. The van der Waals surface area contributed by atoms with E-state index in [1.165, 1.54) is 18.2 Å². The van der Waals surface area contributed by atoms with Gasteiger partial charge in [0.15, 0.2) is 6.10 Å². The number of carboxylic acid groups (broad SMARTS) is 1. The van der Waals surface area contributed by atoms with Crippen molar-refractivity contribution in [3.05, 3.63) is 40.2 Å². The van der Waals surface area contributed by atoms with Gasteiger partial charge in [-0.3, -0.25) is 0 Å². The third-order valence-electron chi connectivity index (χ3n) is 3.99. The Kier molecular flexibility index (Phi) is 4.48. The summed E-state index contributed by atoms with van der Waals surface area (Å²) in [4.78, 5) is 22.5. The Morgan fingerprint density at radius 3 is 2.52 bits per heavy atom. The second-order valence-corrected chi connectivity index (χ2v) is 5.76. The summed E-state index contributed by atoms with van der Waals surface area (Å²) < 4.78 is 15.5. The zero-order chi connectivity index (χ0) is 18.3. The molecule has 4 N–H and O–H groups in total. The van der Waals surface area contributed by atoms with E-state index in [4.69, 9.17) is 19.0 Å². The molecule has 0 spiro atoms. The molecular formula is C16H16O9. The van der Waals surface area contributed by atoms with E-state index >= 15 is 0 Å². The maximum atomic E-state index is 11.5. The lowest BCUT2D eigenvalue weighted by molar-refractivity contribution is -0.271. The van der Waals surface area contributed by atoms with Crippen LogP contribution in [0.25, 0.3) is 11.0 Å². The van der Waals surface area contributed by atoms with Gasteiger partial charge in [-0.15, -0.1) is 0 Å². The van der Waals surface area contributed by atoms with E-state index in [-0.39, 0.29) is 11.3 Å². The summed E-state index contributed by atoms with van der Waals surface area (Å²) in [5.74, 6) is -1.38. The van der Waals surface area contributed by atoms with Crippen molar-refractivity contribution >= 4 is 16.9 Å². The lowest BCUT2D eigenvalue weighted by atomic mass is 9.99. The number of carboxylic acids is 1. The number of hydrogen-bond acceptors (Lipinski definition) is 8. The fraction of sp³-hybridized carbons (Fsp3) is 0.375. The molecule has 5 atom stereocenters. The fourth-order valence-electron chi connectivity index (χ4n) is 2.66. The zero-order valence-electron chi connectivity index (χ0n) is 13.0. The third-order valence-corrected chi connectivity index (χ3v) is 3.99. The van der Waals surface area contributed by atoms with Crippen LogP contribution >= 0.6 is 0 Å². The molecule has 0 unspecified atom stereocenters. The number of hydrogen-bond donors (Lipinski definition) is 4. The van der Waals surface area contributed by atoms with Gasteiger partial charge in [-0.2, -0.15) is 0 Å². The molecule has 2 aromatic rings. The smallest absolute Gasteiger partial charge is 0.336 e. The van der Waals surface area contributed by atoms with Gasteiger partial charge < -0.3 is 34.3 Å². The lowest BCUT2D eigenvalue weighted by Gasteiger charge is -2.38. The Bertz CT molecular complexity index is 858. The van der Waals surface area contributed by atoms with E-state index in [1.54, 1.807) is 13.0 Å². The Labute approximate surface area is 140 Å². The molecule has 0 aliphatic carbocycles. The highest BCUT2D eigenvalue weighted by Gasteiger charge is 2.48. The monoisotopic (exact) mass is 352 g/mol. The Morgan fingerprint density at radius 2 is 1.84 bits per heavy atom. The van der Waals surface area contributed by atoms with Gasteiger partial charge in [0.25, 0.3) is 0 Å². The molecular weight excluding hydrogens is 336 g/mol. The van der Waals surface area contributed by atoms with Crippen LogP contribution in [0.15, 0.2) is 33.5 Å². The first kappa shape index (κ1) is 17.4. The van der Waals surface area contributed by atoms with E-state index < -0.39 is 42.3 Å². The second kappa shape index (κ2) is 6.45. The fourth-order valence-corrected chi connectivity index (χ4v) is 2.66. The highest BCUT2D eigenvalue weighted by Crippen LogP contribution is 2.27. The van der Waals surface area contributed by atoms with Crippen molar-refractivity contribution in [1.82, 2.24) is 0 Å². The number of rotatable bonds is 3. The van der Waals surface area contributed by atoms with Gasteiger partial charge in [-0.25, -0.2) is 9.59 Å². The van der Waals surface area contributed by atoms with Crippen molar-refractivity contribution in [2.24, 2.45) is 0 Å². The van der Waals surface area contributed by atoms with Crippen LogP contribution < -0.4 is 10.4 Å². The Balaban J connectivity index is 1.89. The van der Waals surface area contributed by atoms with Crippen molar-refractivity contribution < 1.29 is 39.1 Å². The number of aliphatic hydroxyl groups is 3. The maximum Gasteiger partial charge on any atom is 0.336 e. The number of carbonyl (C=O) groups is 1. The van der Waals surface area contributed by atoms with Crippen LogP contribution in [-0.2, 0) is 9.53 Å². The van der Waals surface area contributed by atoms with E-state index in [1.807, 2.05) is 0 Å². The summed E-state index contributed by atoms with van der Waals surface area (Å²) in [6.45, 7) is 1.74. The van der Waals surface area contributed by atoms with Gasteiger partial charge in [0.2, 0.25) is 6.29 Å². The summed E-state index contributed by atoms with van der Waals surface area (Å²) >= 11 is 0.